The average molecular weight is 474 g/mol. The van der Waals surface area contributed by atoms with Crippen LogP contribution in [0.15, 0.2) is 30.5 Å². The van der Waals surface area contributed by atoms with E-state index < -0.39 is 0 Å². The molecule has 4 rings (SSSR count). The van der Waals surface area contributed by atoms with E-state index in [0.717, 1.165) is 56.5 Å². The zero-order valence-corrected chi connectivity index (χ0v) is 19.8. The maximum absolute atomic E-state index is 12.5. The minimum absolute atomic E-state index is 0.0408. The van der Waals surface area contributed by atoms with Crippen LogP contribution in [0.5, 0.6) is 5.75 Å². The van der Waals surface area contributed by atoms with Crippen molar-refractivity contribution in [2.75, 3.05) is 52.5 Å². The van der Waals surface area contributed by atoms with Gasteiger partial charge >= 0.3 is 6.09 Å². The Balaban J connectivity index is 1.20. The molecule has 0 radical (unpaired) electrons. The molecule has 1 aromatic heterocycles. The summed E-state index contributed by atoms with van der Waals surface area (Å²) in [5.41, 5.74) is 1.65. The lowest BCUT2D eigenvalue weighted by Crippen LogP contribution is -2.48. The lowest BCUT2D eigenvalue weighted by Gasteiger charge is -2.34. The van der Waals surface area contributed by atoms with Gasteiger partial charge in [0, 0.05) is 51.7 Å². The van der Waals surface area contributed by atoms with Crippen LogP contribution in [-0.2, 0) is 11.3 Å². The highest BCUT2D eigenvalue weighted by molar-refractivity contribution is 6.99. The Morgan fingerprint density at radius 3 is 2.58 bits per heavy atom. The Bertz CT molecular complexity index is 900. The van der Waals surface area contributed by atoms with Gasteiger partial charge in [-0.25, -0.2) is 4.79 Å². The predicted octanol–water partition coefficient (Wildman–Crippen LogP) is 2.74. The van der Waals surface area contributed by atoms with E-state index in [0.29, 0.717) is 44.5 Å². The lowest BCUT2D eigenvalue weighted by molar-refractivity contribution is 0.0628. The van der Waals surface area contributed by atoms with Crippen LogP contribution in [0.25, 0.3) is 0 Å². The fraction of sp³-hybridized carbons (Fsp3) is 0.565. The summed E-state index contributed by atoms with van der Waals surface area (Å²) in [6.07, 6.45) is 3.34. The number of carbonyl (C=O) groups is 2. The van der Waals surface area contributed by atoms with Gasteiger partial charge in [-0.2, -0.15) is 8.75 Å². The molecule has 2 amide bonds. The SMILES string of the molecule is CCOC(=O)N1CCN(Cc2ccc(OCC3CCCN(C(=O)c4cnsn4)C3)cc2)CC1. The molecule has 0 spiro atoms. The van der Waals surface area contributed by atoms with Crippen molar-refractivity contribution in [3.05, 3.63) is 41.7 Å². The van der Waals surface area contributed by atoms with Crippen molar-refractivity contribution in [3.8, 4) is 5.75 Å². The third kappa shape index (κ3) is 6.42. The molecule has 33 heavy (non-hydrogen) atoms. The first kappa shape index (κ1) is 23.4. The van der Waals surface area contributed by atoms with Crippen molar-refractivity contribution < 1.29 is 19.1 Å². The molecule has 2 aromatic rings. The summed E-state index contributed by atoms with van der Waals surface area (Å²) in [6.45, 7) is 8.19. The molecule has 1 aromatic carbocycles. The summed E-state index contributed by atoms with van der Waals surface area (Å²) in [7, 11) is 0. The minimum Gasteiger partial charge on any atom is -0.493 e. The molecule has 2 fully saturated rings. The monoisotopic (exact) mass is 473 g/mol. The smallest absolute Gasteiger partial charge is 0.409 e. The topological polar surface area (TPSA) is 88.1 Å². The number of aromatic nitrogens is 2. The van der Waals surface area contributed by atoms with Crippen LogP contribution in [0.4, 0.5) is 4.79 Å². The van der Waals surface area contributed by atoms with Gasteiger partial charge in [-0.05, 0) is 37.5 Å². The Labute approximate surface area is 198 Å². The first-order valence-corrected chi connectivity index (χ1v) is 12.3. The predicted molar refractivity (Wildman–Crippen MR) is 124 cm³/mol. The summed E-state index contributed by atoms with van der Waals surface area (Å²) in [5, 5.41) is 0. The average Bonchev–Trinajstić information content (AvgIpc) is 3.39. The summed E-state index contributed by atoms with van der Waals surface area (Å²) in [6, 6.07) is 8.21. The fourth-order valence-corrected chi connectivity index (χ4v) is 4.68. The van der Waals surface area contributed by atoms with Crippen LogP contribution in [0.3, 0.4) is 0 Å². The molecule has 9 nitrogen and oxygen atoms in total. The number of hydrogen-bond acceptors (Lipinski definition) is 8. The highest BCUT2D eigenvalue weighted by Crippen LogP contribution is 2.21. The molecule has 0 N–H and O–H groups in total. The van der Waals surface area contributed by atoms with E-state index in [1.165, 1.54) is 11.8 Å². The van der Waals surface area contributed by atoms with Gasteiger partial charge in [-0.15, -0.1) is 0 Å². The molecule has 0 bridgehead atoms. The van der Waals surface area contributed by atoms with Gasteiger partial charge in [0.2, 0.25) is 0 Å². The van der Waals surface area contributed by atoms with Crippen molar-refractivity contribution in [2.45, 2.75) is 26.3 Å². The number of nitrogens with zero attached hydrogens (tertiary/aromatic N) is 5. The van der Waals surface area contributed by atoms with E-state index >= 15 is 0 Å². The second kappa shape index (κ2) is 11.4. The zero-order valence-electron chi connectivity index (χ0n) is 19.0. The molecule has 0 saturated carbocycles. The molecular formula is C23H31N5O4S. The van der Waals surface area contributed by atoms with Crippen LogP contribution < -0.4 is 4.74 Å². The third-order valence-electron chi connectivity index (χ3n) is 6.10. The Kier molecular flexibility index (Phi) is 8.11. The number of likely N-dealkylation sites (tertiary alicyclic amines) is 1. The molecule has 2 aliphatic rings. The first-order chi connectivity index (χ1) is 16.1. The normalized spacial score (nSPS) is 19.4. The number of rotatable bonds is 7. The van der Waals surface area contributed by atoms with Crippen molar-refractivity contribution in [1.29, 1.82) is 0 Å². The summed E-state index contributed by atoms with van der Waals surface area (Å²) >= 11 is 1.06. The Morgan fingerprint density at radius 1 is 1.09 bits per heavy atom. The van der Waals surface area contributed by atoms with Crippen molar-refractivity contribution in [2.24, 2.45) is 5.92 Å². The van der Waals surface area contributed by atoms with E-state index in [2.05, 4.69) is 25.8 Å². The number of piperazine rings is 1. The van der Waals surface area contributed by atoms with Crippen molar-refractivity contribution >= 4 is 23.7 Å². The highest BCUT2D eigenvalue weighted by atomic mass is 32.1. The van der Waals surface area contributed by atoms with Gasteiger partial charge in [0.05, 0.1) is 31.1 Å². The largest absolute Gasteiger partial charge is 0.493 e. The van der Waals surface area contributed by atoms with Gasteiger partial charge in [-0.1, -0.05) is 12.1 Å². The highest BCUT2D eigenvalue weighted by Gasteiger charge is 2.26. The fourth-order valence-electron chi connectivity index (χ4n) is 4.27. The number of amides is 2. The van der Waals surface area contributed by atoms with Gasteiger partial charge in [0.15, 0.2) is 5.69 Å². The molecule has 1 atom stereocenters. The lowest BCUT2D eigenvalue weighted by atomic mass is 9.98. The molecule has 10 heteroatoms. The maximum Gasteiger partial charge on any atom is 0.409 e. The van der Waals surface area contributed by atoms with E-state index in [1.54, 1.807) is 4.90 Å². The summed E-state index contributed by atoms with van der Waals surface area (Å²) in [5.74, 6) is 1.11. The van der Waals surface area contributed by atoms with E-state index in [-0.39, 0.29) is 12.0 Å². The number of piperidine rings is 1. The van der Waals surface area contributed by atoms with Crippen LogP contribution in [0.1, 0.15) is 35.8 Å². The first-order valence-electron chi connectivity index (χ1n) is 11.5. The quantitative estimate of drug-likeness (QED) is 0.611. The summed E-state index contributed by atoms with van der Waals surface area (Å²) in [4.78, 5) is 30.3. The second-order valence-corrected chi connectivity index (χ2v) is 9.03. The molecule has 2 aliphatic heterocycles. The number of hydrogen-bond donors (Lipinski definition) is 0. The molecule has 178 valence electrons. The number of carbonyl (C=O) groups excluding carboxylic acids is 2. The Hall–Kier alpha value is -2.72. The third-order valence-corrected chi connectivity index (χ3v) is 6.58. The van der Waals surface area contributed by atoms with Gasteiger partial charge < -0.3 is 19.3 Å². The number of ether oxygens (including phenoxy) is 2. The van der Waals surface area contributed by atoms with Crippen LogP contribution in [0, 0.1) is 5.92 Å². The minimum atomic E-state index is -0.218. The molecule has 0 aliphatic carbocycles. The van der Waals surface area contributed by atoms with E-state index in [4.69, 9.17) is 9.47 Å². The van der Waals surface area contributed by atoms with E-state index in [9.17, 15) is 9.59 Å². The van der Waals surface area contributed by atoms with E-state index in [1.807, 2.05) is 24.0 Å². The molecular weight excluding hydrogens is 442 g/mol. The summed E-state index contributed by atoms with van der Waals surface area (Å²) < 4.78 is 19.1. The van der Waals surface area contributed by atoms with Crippen molar-refractivity contribution in [3.63, 3.8) is 0 Å². The molecule has 2 saturated heterocycles. The Morgan fingerprint density at radius 2 is 1.88 bits per heavy atom. The van der Waals surface area contributed by atoms with Gasteiger partial charge in [-0.3, -0.25) is 9.69 Å². The second-order valence-electron chi connectivity index (χ2n) is 8.47. The zero-order chi connectivity index (χ0) is 23.0. The van der Waals surface area contributed by atoms with Crippen LogP contribution in [0.2, 0.25) is 0 Å². The van der Waals surface area contributed by atoms with Crippen molar-refractivity contribution in [1.82, 2.24) is 23.4 Å². The maximum atomic E-state index is 12.5. The number of benzene rings is 1. The van der Waals surface area contributed by atoms with Gasteiger partial charge in [0.1, 0.15) is 5.75 Å². The van der Waals surface area contributed by atoms with Crippen LogP contribution >= 0.6 is 11.7 Å². The van der Waals surface area contributed by atoms with Crippen LogP contribution in [-0.4, -0.2) is 87.9 Å². The standard InChI is InChI=1S/C23H31N5O4S/c1-2-31-23(30)27-12-10-26(11-13-27)15-18-5-7-20(8-6-18)32-17-19-4-3-9-28(16-19)22(29)21-14-24-33-25-21/h5-8,14,19H,2-4,9-13,15-17H2,1H3. The molecule has 1 unspecified atom stereocenters. The van der Waals surface area contributed by atoms with Gasteiger partial charge in [0.25, 0.3) is 5.91 Å². The molecule has 3 heterocycles.